The zero-order chi connectivity index (χ0) is 18.4. The number of hydrogen-bond acceptors (Lipinski definition) is 5. The second-order valence-electron chi connectivity index (χ2n) is 4.67. The lowest BCUT2D eigenvalue weighted by Crippen LogP contribution is -2.43. The van der Waals surface area contributed by atoms with Crippen molar-refractivity contribution in [2.75, 3.05) is 6.61 Å². The van der Waals surface area contributed by atoms with Gasteiger partial charge >= 0.3 is 0 Å². The molecule has 2 aromatic rings. The van der Waals surface area contributed by atoms with Crippen molar-refractivity contribution in [2.45, 2.75) is 0 Å². The van der Waals surface area contributed by atoms with Gasteiger partial charge in [0.25, 0.3) is 17.5 Å². The summed E-state index contributed by atoms with van der Waals surface area (Å²) >= 11 is 5.65. The molecule has 0 aliphatic rings. The summed E-state index contributed by atoms with van der Waals surface area (Å²) in [7, 11) is 0. The number of amides is 2. The van der Waals surface area contributed by atoms with E-state index in [1.807, 2.05) is 0 Å². The number of halogens is 2. The first-order chi connectivity index (χ1) is 11.9. The van der Waals surface area contributed by atoms with E-state index in [-0.39, 0.29) is 16.3 Å². The first-order valence-corrected chi connectivity index (χ1v) is 7.16. The van der Waals surface area contributed by atoms with Crippen LogP contribution >= 0.6 is 11.6 Å². The van der Waals surface area contributed by atoms with E-state index in [1.165, 1.54) is 30.3 Å². The monoisotopic (exact) mass is 367 g/mol. The summed E-state index contributed by atoms with van der Waals surface area (Å²) in [5.74, 6) is -1.86. The lowest BCUT2D eigenvalue weighted by Gasteiger charge is -2.09. The third kappa shape index (κ3) is 5.15. The minimum absolute atomic E-state index is 0.0672. The Hall–Kier alpha value is -3.20. The molecular weight excluding hydrogens is 357 g/mol. The van der Waals surface area contributed by atoms with Crippen LogP contribution < -0.4 is 15.6 Å². The molecule has 0 spiro atoms. The van der Waals surface area contributed by atoms with Gasteiger partial charge < -0.3 is 4.74 Å². The maximum absolute atomic E-state index is 13.0. The topological polar surface area (TPSA) is 111 Å². The number of nitro groups is 1. The molecule has 25 heavy (non-hydrogen) atoms. The number of nitrogens with zero attached hydrogens (tertiary/aromatic N) is 1. The first kappa shape index (κ1) is 18.1. The summed E-state index contributed by atoms with van der Waals surface area (Å²) in [6.45, 7) is -0.468. The quantitative estimate of drug-likeness (QED) is 0.622. The highest BCUT2D eigenvalue weighted by atomic mass is 35.5. The van der Waals surface area contributed by atoms with Crippen LogP contribution in [0, 0.1) is 15.9 Å². The Morgan fingerprint density at radius 3 is 2.64 bits per heavy atom. The van der Waals surface area contributed by atoms with E-state index in [0.717, 1.165) is 12.1 Å². The van der Waals surface area contributed by atoms with Crippen LogP contribution in [-0.2, 0) is 4.79 Å². The van der Waals surface area contributed by atoms with Crippen LogP contribution in [0.2, 0.25) is 5.02 Å². The number of hydrogen-bond donors (Lipinski definition) is 2. The highest BCUT2D eigenvalue weighted by molar-refractivity contribution is 6.32. The summed E-state index contributed by atoms with van der Waals surface area (Å²) in [4.78, 5) is 33.5. The molecule has 0 aliphatic heterocycles. The molecule has 8 nitrogen and oxygen atoms in total. The average Bonchev–Trinajstić information content (AvgIpc) is 2.58. The highest BCUT2D eigenvalue weighted by Crippen LogP contribution is 2.24. The fraction of sp³-hybridized carbons (Fsp3) is 0.0667. The maximum Gasteiger partial charge on any atom is 0.288 e. The van der Waals surface area contributed by atoms with Gasteiger partial charge in [0.1, 0.15) is 16.6 Å². The molecule has 10 heteroatoms. The predicted molar refractivity (Wildman–Crippen MR) is 85.6 cm³/mol. The summed E-state index contributed by atoms with van der Waals surface area (Å²) in [6, 6.07) is 8.63. The van der Waals surface area contributed by atoms with E-state index in [1.54, 1.807) is 0 Å². The molecule has 0 aliphatic carbocycles. The molecular formula is C15H11ClFN3O5. The summed E-state index contributed by atoms with van der Waals surface area (Å²) < 4.78 is 18.0. The van der Waals surface area contributed by atoms with Crippen molar-refractivity contribution in [1.82, 2.24) is 10.9 Å². The van der Waals surface area contributed by atoms with E-state index in [2.05, 4.69) is 10.9 Å². The Bertz CT molecular complexity index is 831. The minimum Gasteiger partial charge on any atom is -0.484 e. The van der Waals surface area contributed by atoms with Crippen molar-refractivity contribution < 1.29 is 23.6 Å². The molecule has 0 saturated carbocycles. The number of carbonyl (C=O) groups excluding carboxylic acids is 2. The number of rotatable bonds is 5. The van der Waals surface area contributed by atoms with Gasteiger partial charge in [-0.1, -0.05) is 17.7 Å². The van der Waals surface area contributed by atoms with Crippen LogP contribution in [0.25, 0.3) is 0 Å². The smallest absolute Gasteiger partial charge is 0.288 e. The van der Waals surface area contributed by atoms with E-state index >= 15 is 0 Å². The molecule has 0 saturated heterocycles. The Morgan fingerprint density at radius 2 is 1.96 bits per heavy atom. The van der Waals surface area contributed by atoms with Gasteiger partial charge in [0.05, 0.1) is 4.92 Å². The van der Waals surface area contributed by atoms with Crippen LogP contribution in [0.4, 0.5) is 10.1 Å². The van der Waals surface area contributed by atoms with Crippen LogP contribution in [0.1, 0.15) is 10.4 Å². The zero-order valence-electron chi connectivity index (χ0n) is 12.5. The molecule has 0 atom stereocenters. The second-order valence-corrected chi connectivity index (χ2v) is 5.08. The molecule has 2 amide bonds. The number of ether oxygens (including phenoxy) is 1. The molecule has 2 N–H and O–H groups in total. The number of hydrazine groups is 1. The van der Waals surface area contributed by atoms with Crippen molar-refractivity contribution in [2.24, 2.45) is 0 Å². The minimum atomic E-state index is -0.779. The van der Waals surface area contributed by atoms with Crippen molar-refractivity contribution in [3.63, 3.8) is 0 Å². The third-order valence-corrected chi connectivity index (χ3v) is 3.21. The van der Waals surface area contributed by atoms with Gasteiger partial charge in [0.2, 0.25) is 0 Å². The number of benzene rings is 2. The average molecular weight is 368 g/mol. The number of carbonyl (C=O) groups is 2. The Kier molecular flexibility index (Phi) is 5.85. The standard InChI is InChI=1S/C15H11ClFN3O5/c16-12-5-4-9(6-13(12)20(23)24)15(22)19-18-14(21)8-25-11-3-1-2-10(17)7-11/h1-7H,8H2,(H,18,21)(H,19,22). The molecule has 2 aromatic carbocycles. The van der Waals surface area contributed by atoms with Gasteiger partial charge in [-0.2, -0.15) is 0 Å². The fourth-order valence-electron chi connectivity index (χ4n) is 1.73. The van der Waals surface area contributed by atoms with Gasteiger partial charge in [-0.15, -0.1) is 0 Å². The highest BCUT2D eigenvalue weighted by Gasteiger charge is 2.16. The third-order valence-electron chi connectivity index (χ3n) is 2.89. The Balaban J connectivity index is 1.88. The summed E-state index contributed by atoms with van der Waals surface area (Å²) in [5.41, 5.74) is 3.64. The predicted octanol–water partition coefficient (Wildman–Crippen LogP) is 2.23. The molecule has 0 unspecified atom stereocenters. The molecule has 0 radical (unpaired) electrons. The van der Waals surface area contributed by atoms with Crippen molar-refractivity contribution in [3.8, 4) is 5.75 Å². The fourth-order valence-corrected chi connectivity index (χ4v) is 1.92. The van der Waals surface area contributed by atoms with E-state index in [9.17, 15) is 24.1 Å². The zero-order valence-corrected chi connectivity index (χ0v) is 13.2. The van der Waals surface area contributed by atoms with Crippen LogP contribution in [0.15, 0.2) is 42.5 Å². The van der Waals surface area contributed by atoms with Crippen molar-refractivity contribution in [3.05, 3.63) is 69.0 Å². The maximum atomic E-state index is 13.0. The van der Waals surface area contributed by atoms with Crippen LogP contribution in [-0.4, -0.2) is 23.3 Å². The van der Waals surface area contributed by atoms with E-state index in [0.29, 0.717) is 0 Å². The summed E-state index contributed by atoms with van der Waals surface area (Å²) in [5, 5.41) is 10.7. The molecule has 130 valence electrons. The molecule has 0 fully saturated rings. The van der Waals surface area contributed by atoms with Crippen LogP contribution in [0.5, 0.6) is 5.75 Å². The van der Waals surface area contributed by atoms with Crippen molar-refractivity contribution in [1.29, 1.82) is 0 Å². The Morgan fingerprint density at radius 1 is 1.20 bits per heavy atom. The van der Waals surface area contributed by atoms with E-state index in [4.69, 9.17) is 16.3 Å². The van der Waals surface area contributed by atoms with Gasteiger partial charge in [-0.05, 0) is 24.3 Å². The molecule has 0 aromatic heterocycles. The largest absolute Gasteiger partial charge is 0.484 e. The van der Waals surface area contributed by atoms with E-state index < -0.39 is 34.8 Å². The van der Waals surface area contributed by atoms with Gasteiger partial charge in [0, 0.05) is 17.7 Å². The van der Waals surface area contributed by atoms with Gasteiger partial charge in [-0.25, -0.2) is 4.39 Å². The van der Waals surface area contributed by atoms with Crippen LogP contribution in [0.3, 0.4) is 0 Å². The lowest BCUT2D eigenvalue weighted by atomic mass is 10.2. The molecule has 0 heterocycles. The second kappa shape index (κ2) is 8.06. The van der Waals surface area contributed by atoms with Crippen molar-refractivity contribution >= 4 is 29.1 Å². The Labute approximate surface area is 145 Å². The lowest BCUT2D eigenvalue weighted by molar-refractivity contribution is -0.384. The first-order valence-electron chi connectivity index (χ1n) is 6.78. The van der Waals surface area contributed by atoms with Gasteiger partial charge in [-0.3, -0.25) is 30.6 Å². The molecule has 2 rings (SSSR count). The number of nitrogens with one attached hydrogen (secondary N) is 2. The normalized spacial score (nSPS) is 10.0. The summed E-state index contributed by atoms with van der Waals surface area (Å²) in [6.07, 6.45) is 0. The van der Waals surface area contributed by atoms with Gasteiger partial charge in [0.15, 0.2) is 6.61 Å². The SMILES string of the molecule is O=C(COc1cccc(F)c1)NNC(=O)c1ccc(Cl)c([N+](=O)[O-])c1. The number of nitro benzene ring substituents is 1. The molecule has 0 bridgehead atoms.